The van der Waals surface area contributed by atoms with E-state index in [0.29, 0.717) is 18.8 Å². The lowest BCUT2D eigenvalue weighted by molar-refractivity contribution is 0.0700. The first-order valence-electron chi connectivity index (χ1n) is 9.28. The summed E-state index contributed by atoms with van der Waals surface area (Å²) >= 11 is 0. The minimum absolute atomic E-state index is 0.0182. The van der Waals surface area contributed by atoms with Crippen molar-refractivity contribution in [2.75, 3.05) is 26.8 Å². The Labute approximate surface area is 157 Å². The molecule has 0 saturated carbocycles. The molecular formula is C20H24N4O3. The third-order valence-electron chi connectivity index (χ3n) is 5.18. The molecule has 0 radical (unpaired) electrons. The van der Waals surface area contributed by atoms with Crippen molar-refractivity contribution in [2.24, 2.45) is 0 Å². The number of hydrogen-bond donors (Lipinski definition) is 2. The number of aromatic nitrogens is 3. The molecule has 1 amide bonds. The topological polar surface area (TPSA) is 83.4 Å². The van der Waals surface area contributed by atoms with Gasteiger partial charge in [0.15, 0.2) is 0 Å². The van der Waals surface area contributed by atoms with Gasteiger partial charge < -0.3 is 19.7 Å². The number of ether oxygens (including phenoxy) is 1. The van der Waals surface area contributed by atoms with Crippen molar-refractivity contribution >= 4 is 16.8 Å². The summed E-state index contributed by atoms with van der Waals surface area (Å²) in [4.78, 5) is 18.1. The third kappa shape index (κ3) is 3.55. The minimum atomic E-state index is 0.0182. The Morgan fingerprint density at radius 1 is 1.37 bits per heavy atom. The molecular weight excluding hydrogens is 344 g/mol. The van der Waals surface area contributed by atoms with Crippen LogP contribution in [0, 0.1) is 0 Å². The van der Waals surface area contributed by atoms with E-state index in [2.05, 4.69) is 10.1 Å². The number of H-pyrrole nitrogens is 1. The summed E-state index contributed by atoms with van der Waals surface area (Å²) in [6.45, 7) is 1.98. The van der Waals surface area contributed by atoms with E-state index in [0.717, 1.165) is 41.7 Å². The average Bonchev–Trinajstić information content (AvgIpc) is 3.34. The molecule has 1 fully saturated rings. The highest BCUT2D eigenvalue weighted by molar-refractivity contribution is 5.98. The van der Waals surface area contributed by atoms with Gasteiger partial charge in [-0.3, -0.25) is 9.48 Å². The van der Waals surface area contributed by atoms with Crippen LogP contribution in [0.25, 0.3) is 10.9 Å². The fourth-order valence-electron chi connectivity index (χ4n) is 3.75. The van der Waals surface area contributed by atoms with Crippen LogP contribution < -0.4 is 4.74 Å². The Balaban J connectivity index is 1.51. The Bertz CT molecular complexity index is 946. The van der Waals surface area contributed by atoms with Crippen molar-refractivity contribution < 1.29 is 14.6 Å². The highest BCUT2D eigenvalue weighted by Crippen LogP contribution is 2.28. The molecule has 0 bridgehead atoms. The minimum Gasteiger partial charge on any atom is -0.497 e. The van der Waals surface area contributed by atoms with Gasteiger partial charge in [-0.25, -0.2) is 0 Å². The molecule has 3 aromatic rings. The zero-order valence-corrected chi connectivity index (χ0v) is 15.4. The monoisotopic (exact) mass is 368 g/mol. The number of aromatic amines is 1. The van der Waals surface area contributed by atoms with Crippen molar-refractivity contribution in [3.05, 3.63) is 47.9 Å². The molecule has 0 aliphatic carbocycles. The lowest BCUT2D eigenvalue weighted by Gasteiger charge is -2.31. The number of aliphatic hydroxyl groups excluding tert-OH is 1. The fraction of sp³-hybridized carbons (Fsp3) is 0.400. The number of carbonyl (C=O) groups excluding carboxylic acids is 1. The molecule has 7 nitrogen and oxygen atoms in total. The summed E-state index contributed by atoms with van der Waals surface area (Å²) < 4.78 is 7.01. The van der Waals surface area contributed by atoms with Gasteiger partial charge in [-0.1, -0.05) is 0 Å². The summed E-state index contributed by atoms with van der Waals surface area (Å²) in [7, 11) is 1.63. The Morgan fingerprint density at radius 3 is 3.07 bits per heavy atom. The van der Waals surface area contributed by atoms with Gasteiger partial charge in [-0.15, -0.1) is 0 Å². The predicted molar refractivity (Wildman–Crippen MR) is 102 cm³/mol. The third-order valence-corrected chi connectivity index (χ3v) is 5.18. The van der Waals surface area contributed by atoms with Crippen molar-refractivity contribution in [1.82, 2.24) is 19.7 Å². The number of amides is 1. The number of nitrogens with zero attached hydrogens (tertiary/aromatic N) is 3. The SMILES string of the molecule is COc1ccc2[nH]c(C(=O)N3CCC[C@@H](c4ccn(CCO)n4)C3)cc2c1. The van der Waals surface area contributed by atoms with Crippen LogP contribution in [-0.2, 0) is 6.54 Å². The molecule has 0 spiro atoms. The van der Waals surface area contributed by atoms with E-state index in [1.165, 1.54) is 0 Å². The predicted octanol–water partition coefficient (Wildman–Crippen LogP) is 2.39. The fourth-order valence-corrected chi connectivity index (χ4v) is 3.75. The zero-order valence-electron chi connectivity index (χ0n) is 15.4. The number of methoxy groups -OCH3 is 1. The van der Waals surface area contributed by atoms with Gasteiger partial charge in [-0.05, 0) is 43.2 Å². The molecule has 1 saturated heterocycles. The number of hydrogen-bond acceptors (Lipinski definition) is 4. The van der Waals surface area contributed by atoms with Crippen LogP contribution in [0.5, 0.6) is 5.75 Å². The molecule has 2 N–H and O–H groups in total. The molecule has 0 unspecified atom stereocenters. The standard InChI is InChI=1S/C20H24N4O3/c1-27-16-4-5-17-15(11-16)12-19(21-17)20(26)23-7-2-3-14(13-23)18-6-8-24(22-18)9-10-25/h4-6,8,11-12,14,21,25H,2-3,7,9-10,13H2,1H3/t14-/m1/s1. The van der Waals surface area contributed by atoms with Gasteiger partial charge in [0.25, 0.3) is 5.91 Å². The molecule has 4 rings (SSSR count). The van der Waals surface area contributed by atoms with E-state index in [9.17, 15) is 4.79 Å². The Hall–Kier alpha value is -2.80. The molecule has 3 heterocycles. The number of fused-ring (bicyclic) bond motifs is 1. The van der Waals surface area contributed by atoms with Gasteiger partial charge in [0.1, 0.15) is 11.4 Å². The molecule has 2 aromatic heterocycles. The molecule has 1 aromatic carbocycles. The maximum absolute atomic E-state index is 13.0. The summed E-state index contributed by atoms with van der Waals surface area (Å²) in [6.07, 6.45) is 3.86. The number of benzene rings is 1. The van der Waals surface area contributed by atoms with E-state index in [4.69, 9.17) is 9.84 Å². The smallest absolute Gasteiger partial charge is 0.270 e. The number of likely N-dealkylation sites (tertiary alicyclic amines) is 1. The lowest BCUT2D eigenvalue weighted by atomic mass is 9.95. The summed E-state index contributed by atoms with van der Waals surface area (Å²) in [6, 6.07) is 9.61. The quantitative estimate of drug-likeness (QED) is 0.724. The lowest BCUT2D eigenvalue weighted by Crippen LogP contribution is -2.39. The number of aliphatic hydroxyl groups is 1. The Kier molecular flexibility index (Phi) is 4.85. The van der Waals surface area contributed by atoms with E-state index < -0.39 is 0 Å². The molecule has 1 aliphatic rings. The highest BCUT2D eigenvalue weighted by Gasteiger charge is 2.27. The first-order valence-corrected chi connectivity index (χ1v) is 9.28. The summed E-state index contributed by atoms with van der Waals surface area (Å²) in [5, 5.41) is 14.6. The number of nitrogens with one attached hydrogen (secondary N) is 1. The van der Waals surface area contributed by atoms with E-state index in [1.54, 1.807) is 11.8 Å². The van der Waals surface area contributed by atoms with Crippen LogP contribution in [0.15, 0.2) is 36.5 Å². The first kappa shape index (κ1) is 17.6. The summed E-state index contributed by atoms with van der Waals surface area (Å²) in [5.41, 5.74) is 2.52. The Morgan fingerprint density at radius 2 is 2.26 bits per heavy atom. The van der Waals surface area contributed by atoms with Crippen molar-refractivity contribution in [1.29, 1.82) is 0 Å². The normalized spacial score (nSPS) is 17.4. The van der Waals surface area contributed by atoms with Crippen molar-refractivity contribution in [3.8, 4) is 5.75 Å². The van der Waals surface area contributed by atoms with Gasteiger partial charge in [-0.2, -0.15) is 5.10 Å². The van der Waals surface area contributed by atoms with E-state index >= 15 is 0 Å². The van der Waals surface area contributed by atoms with Gasteiger partial charge >= 0.3 is 0 Å². The van der Waals surface area contributed by atoms with Crippen molar-refractivity contribution in [3.63, 3.8) is 0 Å². The molecule has 142 valence electrons. The van der Waals surface area contributed by atoms with Crippen LogP contribution in [0.2, 0.25) is 0 Å². The maximum Gasteiger partial charge on any atom is 0.270 e. The van der Waals surface area contributed by atoms with Gasteiger partial charge in [0, 0.05) is 36.1 Å². The van der Waals surface area contributed by atoms with Gasteiger partial charge in [0.2, 0.25) is 0 Å². The second-order valence-electron chi connectivity index (χ2n) is 6.95. The number of rotatable bonds is 5. The zero-order chi connectivity index (χ0) is 18.8. The summed E-state index contributed by atoms with van der Waals surface area (Å²) in [5.74, 6) is 1.02. The van der Waals surface area contributed by atoms with Crippen LogP contribution >= 0.6 is 0 Å². The molecule has 7 heteroatoms. The van der Waals surface area contributed by atoms with Crippen LogP contribution in [-0.4, -0.2) is 57.5 Å². The van der Waals surface area contributed by atoms with Gasteiger partial charge in [0.05, 0.1) is 26.0 Å². The maximum atomic E-state index is 13.0. The first-order chi connectivity index (χ1) is 13.2. The molecule has 27 heavy (non-hydrogen) atoms. The number of carbonyl (C=O) groups is 1. The van der Waals surface area contributed by atoms with E-state index in [1.807, 2.05) is 41.4 Å². The van der Waals surface area contributed by atoms with E-state index in [-0.39, 0.29) is 18.4 Å². The second-order valence-corrected chi connectivity index (χ2v) is 6.95. The van der Waals surface area contributed by atoms with Crippen molar-refractivity contribution in [2.45, 2.75) is 25.3 Å². The second kappa shape index (κ2) is 7.44. The van der Waals surface area contributed by atoms with Crippen LogP contribution in [0.3, 0.4) is 0 Å². The molecule has 1 aliphatic heterocycles. The largest absolute Gasteiger partial charge is 0.497 e. The highest BCUT2D eigenvalue weighted by atomic mass is 16.5. The van der Waals surface area contributed by atoms with Crippen LogP contribution in [0.4, 0.5) is 0 Å². The van der Waals surface area contributed by atoms with Crippen LogP contribution in [0.1, 0.15) is 34.9 Å². The molecule has 1 atom stereocenters. The number of piperidine rings is 1. The average molecular weight is 368 g/mol.